The molecule has 6 atom stereocenters. The van der Waals surface area contributed by atoms with Crippen LogP contribution in [0.1, 0.15) is 213 Å². The molecule has 12 nitrogen and oxygen atoms in total. The van der Waals surface area contributed by atoms with Crippen LogP contribution in [0.15, 0.2) is 60.8 Å². The number of unbranched alkanes of at least 4 members (excludes halogenated alkanes) is 22. The molecule has 388 valence electrons. The Hall–Kier alpha value is -2.65. The standard InChI is InChI=1S/C54H94O12S/c1-3-5-7-9-11-13-15-17-19-21-23-25-26-28-30-32-34-36-38-40-42-49(55)63-44-47(45-64-54-53(59)52(58)51(57)48(66-54)46-67(60,61)62)65-50(56)43-41-39-37-35-33-31-29-27-24-22-20-18-16-14-12-10-8-6-4-2/h6,8,12,14,18,20,24,27,31,33,47-48,51-54,57-59H,3-5,7,9-11,13,15-17,19,21-23,25-26,28-30,32,34-46H2,1-2H3,(H,60,61,62)/b8-6+,14-12+,20-18+,27-24+,33-31+/t47-,48-,51-,52?,53?,54+/m1/s1. The molecule has 1 heterocycles. The maximum absolute atomic E-state index is 12.9. The fourth-order valence-electron chi connectivity index (χ4n) is 7.82. The molecule has 0 saturated carbocycles. The van der Waals surface area contributed by atoms with Crippen LogP contribution < -0.4 is 0 Å². The number of allylic oxidation sites excluding steroid dienone is 10. The van der Waals surface area contributed by atoms with Crippen LogP contribution in [0.5, 0.6) is 0 Å². The van der Waals surface area contributed by atoms with Crippen LogP contribution in [0, 0.1) is 0 Å². The van der Waals surface area contributed by atoms with Gasteiger partial charge in [0.2, 0.25) is 0 Å². The second-order valence-electron chi connectivity index (χ2n) is 18.2. The molecule has 1 aliphatic rings. The fraction of sp³-hybridized carbons (Fsp3) is 0.778. The number of carbonyl (C=O) groups excluding carboxylic acids is 2. The third kappa shape index (κ3) is 37.9. The van der Waals surface area contributed by atoms with Crippen LogP contribution in [0.4, 0.5) is 0 Å². The highest BCUT2D eigenvalue weighted by molar-refractivity contribution is 7.85. The second-order valence-corrected chi connectivity index (χ2v) is 19.7. The first-order valence-electron chi connectivity index (χ1n) is 26.3. The quantitative estimate of drug-likeness (QED) is 0.0196. The van der Waals surface area contributed by atoms with E-state index in [1.807, 2.05) is 0 Å². The van der Waals surface area contributed by atoms with Gasteiger partial charge < -0.3 is 34.3 Å². The third-order valence-electron chi connectivity index (χ3n) is 11.9. The Morgan fingerprint density at radius 3 is 1.40 bits per heavy atom. The van der Waals surface area contributed by atoms with Crippen molar-refractivity contribution in [3.63, 3.8) is 0 Å². The number of hydrogen-bond acceptors (Lipinski definition) is 11. The smallest absolute Gasteiger partial charge is 0.306 e. The highest BCUT2D eigenvalue weighted by Gasteiger charge is 2.46. The summed E-state index contributed by atoms with van der Waals surface area (Å²) in [7, 11) is -4.61. The number of hydrogen-bond donors (Lipinski definition) is 4. The van der Waals surface area contributed by atoms with E-state index in [1.54, 1.807) is 0 Å². The zero-order valence-corrected chi connectivity index (χ0v) is 42.6. The molecule has 1 aliphatic heterocycles. The summed E-state index contributed by atoms with van der Waals surface area (Å²) in [6, 6.07) is 0. The summed E-state index contributed by atoms with van der Waals surface area (Å²) in [6.45, 7) is 3.65. The normalized spacial score (nSPS) is 19.8. The van der Waals surface area contributed by atoms with E-state index in [0.717, 1.165) is 70.6 Å². The van der Waals surface area contributed by atoms with Gasteiger partial charge in [-0.2, -0.15) is 8.42 Å². The van der Waals surface area contributed by atoms with E-state index < -0.39 is 71.2 Å². The minimum absolute atomic E-state index is 0.124. The fourth-order valence-corrected chi connectivity index (χ4v) is 8.51. The Kier molecular flexibility index (Phi) is 40.4. The molecular weight excluding hydrogens is 873 g/mol. The van der Waals surface area contributed by atoms with E-state index in [1.165, 1.54) is 103 Å². The van der Waals surface area contributed by atoms with Gasteiger partial charge in [0.05, 0.1) is 6.61 Å². The molecule has 4 N–H and O–H groups in total. The lowest BCUT2D eigenvalue weighted by Crippen LogP contribution is -2.60. The van der Waals surface area contributed by atoms with Crippen LogP contribution in [-0.2, 0) is 38.7 Å². The molecule has 13 heteroatoms. The SMILES string of the molecule is CC/C=C/C/C=C/C/C=C/C/C=C/C/C=C/CCCCCC(=O)O[C@H](COC(=O)CCCCCCCCCCCCCCCCCCCCCC)CO[C@H]1O[C@H](CS(=O)(=O)O)[C@@H](O)C(O)C1O. The maximum Gasteiger partial charge on any atom is 0.306 e. The Morgan fingerprint density at radius 2 is 0.940 bits per heavy atom. The lowest BCUT2D eigenvalue weighted by Gasteiger charge is -2.40. The number of carbonyl (C=O) groups is 2. The van der Waals surface area contributed by atoms with E-state index in [-0.39, 0.29) is 19.4 Å². The Bertz CT molecular complexity index is 1460. The zero-order valence-electron chi connectivity index (χ0n) is 41.7. The van der Waals surface area contributed by atoms with Gasteiger partial charge in [-0.3, -0.25) is 14.1 Å². The zero-order chi connectivity index (χ0) is 49.1. The third-order valence-corrected chi connectivity index (χ3v) is 12.6. The number of rotatable bonds is 44. The predicted molar refractivity (Wildman–Crippen MR) is 270 cm³/mol. The van der Waals surface area contributed by atoms with Gasteiger partial charge in [-0.25, -0.2) is 0 Å². The molecule has 1 saturated heterocycles. The van der Waals surface area contributed by atoms with Crippen LogP contribution >= 0.6 is 0 Å². The Morgan fingerprint density at radius 1 is 0.522 bits per heavy atom. The van der Waals surface area contributed by atoms with Crippen LogP contribution in [-0.4, -0.2) is 96.0 Å². The minimum atomic E-state index is -4.61. The van der Waals surface area contributed by atoms with Crippen LogP contribution in [0.3, 0.4) is 0 Å². The average molecular weight is 967 g/mol. The van der Waals surface area contributed by atoms with Crippen molar-refractivity contribution >= 4 is 22.1 Å². The maximum atomic E-state index is 12.9. The van der Waals surface area contributed by atoms with Crippen LogP contribution in [0.2, 0.25) is 0 Å². The van der Waals surface area contributed by atoms with Crippen molar-refractivity contribution in [3.8, 4) is 0 Å². The Labute approximate surface area is 406 Å². The lowest BCUT2D eigenvalue weighted by molar-refractivity contribution is -0.297. The van der Waals surface area contributed by atoms with Gasteiger partial charge in [-0.1, -0.05) is 203 Å². The van der Waals surface area contributed by atoms with Gasteiger partial charge in [0.1, 0.15) is 36.8 Å². The van der Waals surface area contributed by atoms with Gasteiger partial charge >= 0.3 is 11.9 Å². The van der Waals surface area contributed by atoms with Crippen LogP contribution in [0.25, 0.3) is 0 Å². The largest absolute Gasteiger partial charge is 0.462 e. The minimum Gasteiger partial charge on any atom is -0.462 e. The number of aliphatic hydroxyl groups excluding tert-OH is 3. The molecule has 0 aromatic rings. The highest BCUT2D eigenvalue weighted by atomic mass is 32.2. The van der Waals surface area contributed by atoms with Gasteiger partial charge in [-0.15, -0.1) is 0 Å². The summed E-state index contributed by atoms with van der Waals surface area (Å²) in [6.07, 6.45) is 45.5. The van der Waals surface area contributed by atoms with Gasteiger partial charge in [-0.05, 0) is 57.8 Å². The van der Waals surface area contributed by atoms with Crippen molar-refractivity contribution in [2.45, 2.75) is 250 Å². The summed E-state index contributed by atoms with van der Waals surface area (Å²) in [5, 5.41) is 31.0. The predicted octanol–water partition coefficient (Wildman–Crippen LogP) is 12.1. The molecule has 0 aliphatic carbocycles. The average Bonchev–Trinajstić information content (AvgIpc) is 3.30. The van der Waals surface area contributed by atoms with E-state index in [2.05, 4.69) is 74.6 Å². The highest BCUT2D eigenvalue weighted by Crippen LogP contribution is 2.24. The molecule has 1 fully saturated rings. The van der Waals surface area contributed by atoms with Crippen molar-refractivity contribution in [1.29, 1.82) is 0 Å². The summed E-state index contributed by atoms with van der Waals surface area (Å²) in [5.41, 5.74) is 0. The molecule has 1 rings (SSSR count). The van der Waals surface area contributed by atoms with Crippen molar-refractivity contribution < 1.29 is 56.8 Å². The summed E-state index contributed by atoms with van der Waals surface area (Å²) in [4.78, 5) is 25.5. The lowest BCUT2D eigenvalue weighted by atomic mass is 10.00. The summed E-state index contributed by atoms with van der Waals surface area (Å²) in [5.74, 6) is -2.02. The number of aliphatic hydroxyl groups is 3. The van der Waals surface area contributed by atoms with Crippen molar-refractivity contribution in [3.05, 3.63) is 60.8 Å². The first-order chi connectivity index (χ1) is 32.5. The van der Waals surface area contributed by atoms with E-state index in [4.69, 9.17) is 18.9 Å². The van der Waals surface area contributed by atoms with E-state index in [0.29, 0.717) is 12.8 Å². The monoisotopic (exact) mass is 967 g/mol. The number of esters is 2. The Balaban J connectivity index is 2.38. The van der Waals surface area contributed by atoms with Gasteiger partial charge in [0.15, 0.2) is 12.4 Å². The van der Waals surface area contributed by atoms with E-state index in [9.17, 15) is 37.9 Å². The molecule has 0 bridgehead atoms. The molecule has 0 amide bonds. The molecular formula is C54H94O12S. The molecule has 67 heavy (non-hydrogen) atoms. The first-order valence-corrected chi connectivity index (χ1v) is 28.0. The second kappa shape index (κ2) is 43.4. The topological polar surface area (TPSA) is 186 Å². The first kappa shape index (κ1) is 62.4. The molecule has 0 aromatic carbocycles. The van der Waals surface area contributed by atoms with E-state index >= 15 is 0 Å². The summed E-state index contributed by atoms with van der Waals surface area (Å²) >= 11 is 0. The van der Waals surface area contributed by atoms with Crippen molar-refractivity contribution in [2.75, 3.05) is 19.0 Å². The van der Waals surface area contributed by atoms with Gasteiger partial charge in [0, 0.05) is 12.8 Å². The van der Waals surface area contributed by atoms with Gasteiger partial charge in [0.25, 0.3) is 10.1 Å². The molecule has 0 aromatic heterocycles. The van der Waals surface area contributed by atoms with Crippen molar-refractivity contribution in [1.82, 2.24) is 0 Å². The molecule has 0 spiro atoms. The van der Waals surface area contributed by atoms with Crippen molar-refractivity contribution in [2.24, 2.45) is 0 Å². The summed E-state index contributed by atoms with van der Waals surface area (Å²) < 4.78 is 54.2. The number of ether oxygens (including phenoxy) is 4. The molecule has 0 radical (unpaired) electrons. The molecule has 2 unspecified atom stereocenters.